The summed E-state index contributed by atoms with van der Waals surface area (Å²) in [5, 5.41) is 13.2. The largest absolute Gasteiger partial charge is 0.481 e. The van der Waals surface area contributed by atoms with Gasteiger partial charge in [-0.1, -0.05) is 25.4 Å². The van der Waals surface area contributed by atoms with Crippen LogP contribution in [-0.4, -0.2) is 55.0 Å². The highest BCUT2D eigenvalue weighted by Crippen LogP contribution is 2.67. The number of halogens is 5. The fraction of sp³-hybridized carbons (Fsp3) is 0.607. The predicted octanol–water partition coefficient (Wildman–Crippen LogP) is 6.06. The van der Waals surface area contributed by atoms with Gasteiger partial charge in [-0.2, -0.15) is 18.3 Å². The van der Waals surface area contributed by atoms with Crippen LogP contribution in [0.15, 0.2) is 18.6 Å². The third-order valence-electron chi connectivity index (χ3n) is 9.70. The topological polar surface area (TPSA) is 105 Å². The first kappa shape index (κ1) is 29.5. The van der Waals surface area contributed by atoms with Gasteiger partial charge in [-0.25, -0.2) is 4.39 Å². The minimum atomic E-state index is -4.95. The number of carboxylic acid groups (broad SMARTS) is 1. The zero-order valence-corrected chi connectivity index (χ0v) is 23.6. The highest BCUT2D eigenvalue weighted by Gasteiger charge is 2.63. The molecule has 41 heavy (non-hydrogen) atoms. The molecule has 8 nitrogen and oxygen atoms in total. The van der Waals surface area contributed by atoms with Crippen molar-refractivity contribution in [2.45, 2.75) is 77.6 Å². The summed E-state index contributed by atoms with van der Waals surface area (Å²) in [6.07, 6.45) is -0.566. The van der Waals surface area contributed by atoms with Gasteiger partial charge < -0.3 is 10.0 Å². The van der Waals surface area contributed by atoms with Gasteiger partial charge in [0.1, 0.15) is 0 Å². The van der Waals surface area contributed by atoms with Crippen LogP contribution >= 0.6 is 11.6 Å². The van der Waals surface area contributed by atoms with E-state index < -0.39 is 70.5 Å². The van der Waals surface area contributed by atoms with E-state index in [0.29, 0.717) is 12.8 Å². The number of hydrogen-bond donors (Lipinski definition) is 1. The molecule has 0 bridgehead atoms. The summed E-state index contributed by atoms with van der Waals surface area (Å²) >= 11 is 6.02. The number of amides is 1. The van der Waals surface area contributed by atoms with Crippen molar-refractivity contribution >= 4 is 29.3 Å². The molecule has 5 rings (SSSR count). The minimum Gasteiger partial charge on any atom is -0.481 e. The smallest absolute Gasteiger partial charge is 0.433 e. The Balaban J connectivity index is 1.48. The van der Waals surface area contributed by atoms with Gasteiger partial charge in [-0.3, -0.25) is 24.0 Å². The highest BCUT2D eigenvalue weighted by atomic mass is 35.5. The number of aromatic nitrogens is 3. The maximum absolute atomic E-state index is 14.5. The molecule has 2 heterocycles. The fourth-order valence-electron chi connectivity index (χ4n) is 6.94. The van der Waals surface area contributed by atoms with Crippen LogP contribution in [0.4, 0.5) is 17.6 Å². The minimum absolute atomic E-state index is 0.0448. The molecule has 222 valence electrons. The number of carbonyl (C=O) groups is 3. The van der Waals surface area contributed by atoms with Gasteiger partial charge in [0.05, 0.1) is 46.5 Å². The molecule has 3 fully saturated rings. The molecule has 3 aliphatic carbocycles. The lowest BCUT2D eigenvalue weighted by Gasteiger charge is -2.35. The van der Waals surface area contributed by atoms with E-state index in [1.165, 1.54) is 0 Å². The van der Waals surface area contributed by atoms with Crippen LogP contribution in [0.5, 0.6) is 0 Å². The van der Waals surface area contributed by atoms with E-state index >= 15 is 0 Å². The van der Waals surface area contributed by atoms with E-state index in [0.717, 1.165) is 28.2 Å². The number of carbonyl (C=O) groups excluding carboxylic acids is 2. The number of pyridine rings is 1. The number of ketones is 1. The second-order valence-corrected chi connectivity index (χ2v) is 12.8. The highest BCUT2D eigenvalue weighted by molar-refractivity contribution is 6.34. The van der Waals surface area contributed by atoms with Gasteiger partial charge in [0, 0.05) is 12.2 Å². The number of rotatable bonds is 7. The van der Waals surface area contributed by atoms with Crippen LogP contribution < -0.4 is 0 Å². The SMILES string of the molecule is CC1(C(=O)O)CCC(n2ncc(C(=O)N(CC(=O)c3c(F)cncc3Cl)C3CC4C(C3)C4(C)C)c2C(F)(F)F)CC1. The lowest BCUT2D eigenvalue weighted by molar-refractivity contribution is -0.152. The van der Waals surface area contributed by atoms with E-state index in [1.807, 2.05) is 0 Å². The Morgan fingerprint density at radius 2 is 1.71 bits per heavy atom. The van der Waals surface area contributed by atoms with E-state index in [9.17, 15) is 37.1 Å². The van der Waals surface area contributed by atoms with Crippen LogP contribution in [0.3, 0.4) is 0 Å². The van der Waals surface area contributed by atoms with Crippen molar-refractivity contribution in [3.63, 3.8) is 0 Å². The van der Waals surface area contributed by atoms with Crippen molar-refractivity contribution in [3.8, 4) is 0 Å². The van der Waals surface area contributed by atoms with Gasteiger partial charge in [0.2, 0.25) is 0 Å². The molecule has 3 aliphatic rings. The summed E-state index contributed by atoms with van der Waals surface area (Å²) in [6, 6.07) is -1.27. The maximum Gasteiger partial charge on any atom is 0.433 e. The number of aliphatic carboxylic acids is 1. The average Bonchev–Trinajstić information content (AvgIpc) is 3.30. The van der Waals surface area contributed by atoms with Crippen molar-refractivity contribution in [3.05, 3.63) is 46.3 Å². The Kier molecular flexibility index (Phi) is 7.23. The Morgan fingerprint density at radius 3 is 2.24 bits per heavy atom. The normalized spacial score (nSPS) is 28.7. The van der Waals surface area contributed by atoms with Gasteiger partial charge >= 0.3 is 12.1 Å². The Morgan fingerprint density at radius 1 is 1.10 bits per heavy atom. The number of alkyl halides is 3. The second-order valence-electron chi connectivity index (χ2n) is 12.4. The Labute approximate surface area is 239 Å². The van der Waals surface area contributed by atoms with Gasteiger partial charge in [0.25, 0.3) is 5.91 Å². The molecule has 2 aromatic heterocycles. The summed E-state index contributed by atoms with van der Waals surface area (Å²) in [7, 11) is 0. The first-order valence-corrected chi connectivity index (χ1v) is 14.0. The summed E-state index contributed by atoms with van der Waals surface area (Å²) < 4.78 is 58.8. The van der Waals surface area contributed by atoms with E-state index in [-0.39, 0.29) is 48.0 Å². The molecule has 0 aliphatic heterocycles. The lowest BCUT2D eigenvalue weighted by Crippen LogP contribution is -2.44. The molecule has 2 unspecified atom stereocenters. The van der Waals surface area contributed by atoms with E-state index in [2.05, 4.69) is 23.9 Å². The van der Waals surface area contributed by atoms with Gasteiger partial charge in [-0.15, -0.1) is 0 Å². The van der Waals surface area contributed by atoms with Crippen molar-refractivity contribution < 1.29 is 37.1 Å². The van der Waals surface area contributed by atoms with Crippen molar-refractivity contribution in [2.75, 3.05) is 6.54 Å². The summed E-state index contributed by atoms with van der Waals surface area (Å²) in [5.41, 5.74) is -3.40. The van der Waals surface area contributed by atoms with Crippen LogP contribution in [0.1, 0.15) is 91.7 Å². The number of Topliss-reactive ketones (excluding diaryl/α,β-unsaturated/α-hetero) is 1. The molecule has 0 radical (unpaired) electrons. The summed E-state index contributed by atoms with van der Waals surface area (Å²) in [5.74, 6) is -3.33. The third kappa shape index (κ3) is 5.12. The molecule has 1 amide bonds. The number of nitrogens with zero attached hydrogens (tertiary/aromatic N) is 4. The zero-order chi connectivity index (χ0) is 30.1. The van der Waals surface area contributed by atoms with E-state index in [1.54, 1.807) is 6.92 Å². The lowest BCUT2D eigenvalue weighted by atomic mass is 9.74. The average molecular weight is 599 g/mol. The number of fused-ring (bicyclic) bond motifs is 1. The first-order chi connectivity index (χ1) is 19.1. The van der Waals surface area contributed by atoms with E-state index in [4.69, 9.17) is 11.6 Å². The molecular formula is C28H31ClF4N4O4. The van der Waals surface area contributed by atoms with Crippen LogP contribution in [0.25, 0.3) is 0 Å². The van der Waals surface area contributed by atoms with Crippen molar-refractivity contribution in [1.29, 1.82) is 0 Å². The molecule has 0 aromatic carbocycles. The number of carboxylic acids is 1. The molecule has 3 saturated carbocycles. The Hall–Kier alpha value is -3.02. The second kappa shape index (κ2) is 10.1. The predicted molar refractivity (Wildman–Crippen MR) is 139 cm³/mol. The molecule has 13 heteroatoms. The van der Waals surface area contributed by atoms with Crippen molar-refractivity contribution in [2.24, 2.45) is 22.7 Å². The molecular weight excluding hydrogens is 568 g/mol. The van der Waals surface area contributed by atoms with Gasteiger partial charge in [-0.05, 0) is 62.7 Å². The molecule has 1 N–H and O–H groups in total. The third-order valence-corrected chi connectivity index (χ3v) is 9.99. The van der Waals surface area contributed by atoms with Crippen LogP contribution in [-0.2, 0) is 11.0 Å². The monoisotopic (exact) mass is 598 g/mol. The zero-order valence-electron chi connectivity index (χ0n) is 22.8. The van der Waals surface area contributed by atoms with Crippen LogP contribution in [0, 0.1) is 28.5 Å². The molecule has 2 atom stereocenters. The number of hydrogen-bond acceptors (Lipinski definition) is 5. The Bertz CT molecular complexity index is 1370. The standard InChI is InChI=1S/C28H31ClF4N4O4/c1-26(2)17-8-15(9-18(17)26)36(13-21(38)22-19(29)11-34-12-20(22)30)24(39)16-10-35-37(23(16)28(31,32)33)14-4-6-27(3,7-5-14)25(40)41/h10-12,14-15,17-18H,4-9,13H2,1-3H3,(H,40,41). The van der Waals surface area contributed by atoms with Crippen LogP contribution in [0.2, 0.25) is 5.02 Å². The summed E-state index contributed by atoms with van der Waals surface area (Å²) in [6.45, 7) is 5.09. The van der Waals surface area contributed by atoms with Crippen molar-refractivity contribution in [1.82, 2.24) is 19.7 Å². The first-order valence-electron chi connectivity index (χ1n) is 13.6. The summed E-state index contributed by atoms with van der Waals surface area (Å²) in [4.78, 5) is 43.5. The quantitative estimate of drug-likeness (QED) is 0.307. The maximum atomic E-state index is 14.5. The fourth-order valence-corrected chi connectivity index (χ4v) is 7.19. The molecule has 0 spiro atoms. The van der Waals surface area contributed by atoms with Gasteiger partial charge in [0.15, 0.2) is 17.3 Å². The molecule has 2 aromatic rings. The molecule has 0 saturated heterocycles.